The van der Waals surface area contributed by atoms with Gasteiger partial charge in [0.15, 0.2) is 5.01 Å². The lowest BCUT2D eigenvalue weighted by atomic mass is 9.90. The van der Waals surface area contributed by atoms with Crippen LogP contribution in [0.4, 0.5) is 8.78 Å². The Morgan fingerprint density at radius 2 is 2.21 bits per heavy atom. The van der Waals surface area contributed by atoms with Gasteiger partial charge in [-0.15, -0.1) is 11.3 Å². The summed E-state index contributed by atoms with van der Waals surface area (Å²) in [6.45, 7) is 2.86. The van der Waals surface area contributed by atoms with Crippen molar-refractivity contribution in [2.24, 2.45) is 0 Å². The predicted molar refractivity (Wildman–Crippen MR) is 47.7 cm³/mol. The molecule has 0 bridgehead atoms. The number of nitrogens with zero attached hydrogens (tertiary/aromatic N) is 1. The lowest BCUT2D eigenvalue weighted by Crippen LogP contribution is -2.28. The minimum absolute atomic E-state index is 0.172. The average Bonchev–Trinajstić information content (AvgIpc) is 2.51. The van der Waals surface area contributed by atoms with E-state index >= 15 is 0 Å². The van der Waals surface area contributed by atoms with Crippen LogP contribution < -0.4 is 0 Å². The lowest BCUT2D eigenvalue weighted by molar-refractivity contribution is -0.142. The van der Waals surface area contributed by atoms with Crippen LogP contribution in [-0.4, -0.2) is 16.1 Å². The third-order valence-corrected chi connectivity index (χ3v) is 2.74. The monoisotopic (exact) mass is 221 g/mol. The van der Waals surface area contributed by atoms with Crippen molar-refractivity contribution in [1.29, 1.82) is 0 Å². The van der Waals surface area contributed by atoms with Crippen LogP contribution in [0.3, 0.4) is 0 Å². The van der Waals surface area contributed by atoms with Gasteiger partial charge in [-0.3, -0.25) is 4.79 Å². The molecule has 0 fully saturated rings. The second-order valence-electron chi connectivity index (χ2n) is 3.30. The molecule has 1 aromatic heterocycles. The zero-order valence-corrected chi connectivity index (χ0v) is 8.44. The average molecular weight is 221 g/mol. The van der Waals surface area contributed by atoms with Gasteiger partial charge in [0.2, 0.25) is 0 Å². The molecule has 0 saturated heterocycles. The third kappa shape index (κ3) is 1.89. The van der Waals surface area contributed by atoms with Gasteiger partial charge >= 0.3 is 5.97 Å². The van der Waals surface area contributed by atoms with Crippen molar-refractivity contribution >= 4 is 17.3 Å². The highest BCUT2D eigenvalue weighted by molar-refractivity contribution is 7.09. The summed E-state index contributed by atoms with van der Waals surface area (Å²) < 4.78 is 24.3. The maximum atomic E-state index is 12.2. The van der Waals surface area contributed by atoms with Gasteiger partial charge in [-0.25, -0.2) is 13.8 Å². The second-order valence-corrected chi connectivity index (χ2v) is 4.19. The number of hydrogen-bond donors (Lipinski definition) is 1. The molecule has 6 heteroatoms. The third-order valence-electron chi connectivity index (χ3n) is 1.88. The van der Waals surface area contributed by atoms with Gasteiger partial charge in [0, 0.05) is 5.38 Å². The van der Waals surface area contributed by atoms with Crippen LogP contribution in [0.1, 0.15) is 31.0 Å². The quantitative estimate of drug-likeness (QED) is 0.852. The summed E-state index contributed by atoms with van der Waals surface area (Å²) in [6.07, 6.45) is -2.64. The van der Waals surface area contributed by atoms with Gasteiger partial charge < -0.3 is 5.11 Å². The minimum atomic E-state index is -2.64. The summed E-state index contributed by atoms with van der Waals surface area (Å²) in [5.74, 6) is -1.08. The number of rotatable bonds is 3. The van der Waals surface area contributed by atoms with E-state index in [2.05, 4.69) is 4.98 Å². The Morgan fingerprint density at radius 1 is 1.64 bits per heavy atom. The van der Waals surface area contributed by atoms with Gasteiger partial charge in [0.1, 0.15) is 5.41 Å². The summed E-state index contributed by atoms with van der Waals surface area (Å²) in [4.78, 5) is 14.4. The SMILES string of the molecule is CC(C)(C(=O)O)c1csc(C(F)F)n1. The molecule has 1 rings (SSSR count). The first-order valence-electron chi connectivity index (χ1n) is 3.83. The Labute approximate surface area is 83.4 Å². The number of aromatic nitrogens is 1. The number of hydrogen-bond acceptors (Lipinski definition) is 3. The molecule has 0 aliphatic rings. The summed E-state index contributed by atoms with van der Waals surface area (Å²) in [6, 6.07) is 0. The van der Waals surface area contributed by atoms with E-state index in [9.17, 15) is 13.6 Å². The molecule has 1 heterocycles. The Balaban J connectivity index is 3.03. The van der Waals surface area contributed by atoms with Crippen molar-refractivity contribution in [1.82, 2.24) is 4.98 Å². The van der Waals surface area contributed by atoms with E-state index in [4.69, 9.17) is 5.11 Å². The molecular weight excluding hydrogens is 212 g/mol. The fraction of sp³-hybridized carbons (Fsp3) is 0.500. The number of carboxylic acid groups (broad SMARTS) is 1. The fourth-order valence-corrected chi connectivity index (χ4v) is 1.62. The number of aliphatic carboxylic acids is 1. The maximum Gasteiger partial charge on any atom is 0.315 e. The molecule has 0 spiro atoms. The zero-order valence-electron chi connectivity index (χ0n) is 7.62. The molecule has 0 aromatic carbocycles. The van der Waals surface area contributed by atoms with Crippen LogP contribution in [0.5, 0.6) is 0 Å². The maximum absolute atomic E-state index is 12.2. The first-order valence-corrected chi connectivity index (χ1v) is 4.71. The highest BCUT2D eigenvalue weighted by Gasteiger charge is 2.32. The Kier molecular flexibility index (Phi) is 2.84. The summed E-state index contributed by atoms with van der Waals surface area (Å²) >= 11 is 0.777. The number of halogens is 2. The van der Waals surface area contributed by atoms with Crippen LogP contribution >= 0.6 is 11.3 Å². The summed E-state index contributed by atoms with van der Waals surface area (Å²) in [5, 5.41) is 9.84. The summed E-state index contributed by atoms with van der Waals surface area (Å²) in [7, 11) is 0. The first kappa shape index (κ1) is 11.0. The Morgan fingerprint density at radius 3 is 2.57 bits per heavy atom. The lowest BCUT2D eigenvalue weighted by Gasteiger charge is -2.15. The molecule has 0 saturated carbocycles. The van der Waals surface area contributed by atoms with Gasteiger partial charge in [-0.05, 0) is 13.8 Å². The van der Waals surface area contributed by atoms with Crippen LogP contribution in [0.2, 0.25) is 0 Å². The summed E-state index contributed by atoms with van der Waals surface area (Å²) in [5.41, 5.74) is -1.05. The van der Waals surface area contributed by atoms with E-state index in [-0.39, 0.29) is 10.7 Å². The standard InChI is InChI=1S/C8H9F2NO2S/c1-8(2,7(12)13)4-3-14-6(11-4)5(9)10/h3,5H,1-2H3,(H,12,13). The van der Waals surface area contributed by atoms with Crippen molar-refractivity contribution in [3.8, 4) is 0 Å². The van der Waals surface area contributed by atoms with E-state index in [1.165, 1.54) is 19.2 Å². The zero-order chi connectivity index (χ0) is 10.9. The highest BCUT2D eigenvalue weighted by atomic mass is 32.1. The number of carbonyl (C=O) groups is 1. The molecule has 0 atom stereocenters. The van der Waals surface area contributed by atoms with E-state index in [0.717, 1.165) is 11.3 Å². The first-order chi connectivity index (χ1) is 6.35. The molecule has 0 aliphatic heterocycles. The number of alkyl halides is 2. The van der Waals surface area contributed by atoms with E-state index in [1.807, 2.05) is 0 Å². The fourth-order valence-electron chi connectivity index (χ4n) is 0.784. The van der Waals surface area contributed by atoms with Crippen LogP contribution in [0.25, 0.3) is 0 Å². The van der Waals surface area contributed by atoms with Crippen molar-refractivity contribution in [2.45, 2.75) is 25.7 Å². The molecule has 0 radical (unpaired) electrons. The van der Waals surface area contributed by atoms with Crippen molar-refractivity contribution in [3.63, 3.8) is 0 Å². The Hall–Kier alpha value is -1.04. The van der Waals surface area contributed by atoms with E-state index in [1.54, 1.807) is 0 Å². The van der Waals surface area contributed by atoms with Crippen LogP contribution in [0, 0.1) is 0 Å². The smallest absolute Gasteiger partial charge is 0.315 e. The van der Waals surface area contributed by atoms with Gasteiger partial charge in [0.05, 0.1) is 5.69 Å². The molecule has 14 heavy (non-hydrogen) atoms. The van der Waals surface area contributed by atoms with E-state index < -0.39 is 17.8 Å². The number of thiazole rings is 1. The molecule has 3 nitrogen and oxygen atoms in total. The molecule has 1 aromatic rings. The topological polar surface area (TPSA) is 50.2 Å². The Bertz CT molecular complexity index is 349. The molecule has 0 unspecified atom stereocenters. The molecule has 1 N–H and O–H groups in total. The molecule has 78 valence electrons. The van der Waals surface area contributed by atoms with Crippen molar-refractivity contribution < 1.29 is 18.7 Å². The highest BCUT2D eigenvalue weighted by Crippen LogP contribution is 2.29. The van der Waals surface area contributed by atoms with E-state index in [0.29, 0.717) is 0 Å². The van der Waals surface area contributed by atoms with Crippen LogP contribution in [0.15, 0.2) is 5.38 Å². The molecular formula is C8H9F2NO2S. The second kappa shape index (κ2) is 3.61. The van der Waals surface area contributed by atoms with Gasteiger partial charge in [-0.1, -0.05) is 0 Å². The van der Waals surface area contributed by atoms with Crippen LogP contribution in [-0.2, 0) is 10.2 Å². The normalized spacial score (nSPS) is 12.1. The van der Waals surface area contributed by atoms with Gasteiger partial charge in [0.25, 0.3) is 6.43 Å². The number of carboxylic acids is 1. The van der Waals surface area contributed by atoms with Gasteiger partial charge in [-0.2, -0.15) is 0 Å². The molecule has 0 aliphatic carbocycles. The predicted octanol–water partition coefficient (Wildman–Crippen LogP) is 2.44. The van der Waals surface area contributed by atoms with Crippen molar-refractivity contribution in [3.05, 3.63) is 16.1 Å². The largest absolute Gasteiger partial charge is 0.481 e. The van der Waals surface area contributed by atoms with Crippen molar-refractivity contribution in [2.75, 3.05) is 0 Å². The minimum Gasteiger partial charge on any atom is -0.481 e. The molecule has 0 amide bonds.